The van der Waals surface area contributed by atoms with E-state index >= 15 is 0 Å². The van der Waals surface area contributed by atoms with Gasteiger partial charge < -0.3 is 5.32 Å². The van der Waals surface area contributed by atoms with Gasteiger partial charge in [0.15, 0.2) is 5.82 Å². The van der Waals surface area contributed by atoms with Gasteiger partial charge >= 0.3 is 0 Å². The third kappa shape index (κ3) is 3.29. The van der Waals surface area contributed by atoms with Gasteiger partial charge in [-0.3, -0.25) is 0 Å². The van der Waals surface area contributed by atoms with Gasteiger partial charge in [-0.2, -0.15) is 0 Å². The van der Waals surface area contributed by atoms with Crippen molar-refractivity contribution in [2.75, 3.05) is 11.9 Å². The van der Waals surface area contributed by atoms with Crippen LogP contribution in [0.15, 0.2) is 23.6 Å². The van der Waals surface area contributed by atoms with E-state index in [1.807, 2.05) is 6.07 Å². The summed E-state index contributed by atoms with van der Waals surface area (Å²) in [5, 5.41) is 5.33. The molecule has 0 aliphatic carbocycles. The van der Waals surface area contributed by atoms with Crippen LogP contribution in [0.3, 0.4) is 0 Å². The van der Waals surface area contributed by atoms with Crippen molar-refractivity contribution in [2.45, 2.75) is 27.2 Å². The zero-order valence-electron chi connectivity index (χ0n) is 11.1. The lowest BCUT2D eigenvalue weighted by Crippen LogP contribution is -2.05. The van der Waals surface area contributed by atoms with Crippen LogP contribution in [-0.2, 0) is 6.42 Å². The number of hydrogen-bond acceptors (Lipinski definition) is 4. The Morgan fingerprint density at radius 2 is 2.17 bits per heavy atom. The molecule has 0 saturated heterocycles. The Kier molecular flexibility index (Phi) is 4.31. The van der Waals surface area contributed by atoms with Crippen LogP contribution in [0.2, 0.25) is 0 Å². The molecule has 0 saturated carbocycles. The van der Waals surface area contributed by atoms with Gasteiger partial charge in [0, 0.05) is 18.3 Å². The molecule has 0 aromatic carbocycles. The topological polar surface area (TPSA) is 37.8 Å². The molecule has 2 heterocycles. The smallest absolute Gasteiger partial charge is 0.171 e. The van der Waals surface area contributed by atoms with Crippen LogP contribution >= 0.6 is 11.3 Å². The van der Waals surface area contributed by atoms with Crippen molar-refractivity contribution in [2.24, 2.45) is 5.92 Å². The highest BCUT2D eigenvalue weighted by Gasteiger charge is 2.08. The van der Waals surface area contributed by atoms with Gasteiger partial charge in [0.25, 0.3) is 0 Å². The highest BCUT2D eigenvalue weighted by atomic mass is 32.1. The van der Waals surface area contributed by atoms with Crippen molar-refractivity contribution >= 4 is 17.2 Å². The lowest BCUT2D eigenvalue weighted by Gasteiger charge is -2.09. The molecule has 2 aromatic rings. The van der Waals surface area contributed by atoms with E-state index in [4.69, 9.17) is 0 Å². The van der Waals surface area contributed by atoms with Crippen LogP contribution in [0.25, 0.3) is 10.7 Å². The van der Waals surface area contributed by atoms with Crippen molar-refractivity contribution in [3.63, 3.8) is 0 Å². The molecule has 0 aliphatic rings. The molecular formula is C14H19N3S. The van der Waals surface area contributed by atoms with E-state index in [2.05, 4.69) is 53.6 Å². The lowest BCUT2D eigenvalue weighted by molar-refractivity contribution is 0.635. The number of thiophene rings is 1. The monoisotopic (exact) mass is 261 g/mol. The molecule has 0 aliphatic heterocycles. The molecule has 2 rings (SSSR count). The predicted molar refractivity (Wildman–Crippen MR) is 78.1 cm³/mol. The molecule has 0 amide bonds. The summed E-state index contributed by atoms with van der Waals surface area (Å²) in [6.45, 7) is 7.37. The second-order valence-electron chi connectivity index (χ2n) is 4.67. The number of nitrogens with one attached hydrogen (secondary N) is 1. The van der Waals surface area contributed by atoms with Gasteiger partial charge in [0.05, 0.1) is 4.88 Å². The lowest BCUT2D eigenvalue weighted by atomic mass is 10.1. The molecule has 1 N–H and O–H groups in total. The van der Waals surface area contributed by atoms with Crippen LogP contribution in [0, 0.1) is 5.92 Å². The molecule has 0 bridgehead atoms. The molecule has 96 valence electrons. The van der Waals surface area contributed by atoms with Crippen molar-refractivity contribution in [1.29, 1.82) is 0 Å². The second kappa shape index (κ2) is 5.96. The molecule has 0 spiro atoms. The van der Waals surface area contributed by atoms with E-state index in [9.17, 15) is 0 Å². The summed E-state index contributed by atoms with van der Waals surface area (Å²) >= 11 is 1.68. The first-order valence-electron chi connectivity index (χ1n) is 6.34. The first-order valence-corrected chi connectivity index (χ1v) is 7.22. The number of rotatable bonds is 5. The van der Waals surface area contributed by atoms with Crippen molar-refractivity contribution < 1.29 is 0 Å². The third-order valence-electron chi connectivity index (χ3n) is 2.50. The Hall–Kier alpha value is -1.42. The molecule has 0 fully saturated rings. The Bertz CT molecular complexity index is 492. The van der Waals surface area contributed by atoms with Crippen molar-refractivity contribution in [1.82, 2.24) is 9.97 Å². The van der Waals surface area contributed by atoms with Gasteiger partial charge in [0.2, 0.25) is 0 Å². The van der Waals surface area contributed by atoms with E-state index in [1.54, 1.807) is 11.3 Å². The Balaban J connectivity index is 2.36. The quantitative estimate of drug-likeness (QED) is 0.888. The highest BCUT2D eigenvalue weighted by molar-refractivity contribution is 7.13. The highest BCUT2D eigenvalue weighted by Crippen LogP contribution is 2.23. The molecular weight excluding hydrogens is 242 g/mol. The summed E-state index contributed by atoms with van der Waals surface area (Å²) < 4.78 is 0. The Morgan fingerprint density at radius 1 is 1.33 bits per heavy atom. The van der Waals surface area contributed by atoms with Gasteiger partial charge in [-0.25, -0.2) is 9.97 Å². The van der Waals surface area contributed by atoms with E-state index in [-0.39, 0.29) is 0 Å². The Labute approximate surface area is 112 Å². The molecule has 0 atom stereocenters. The normalized spacial score (nSPS) is 10.9. The summed E-state index contributed by atoms with van der Waals surface area (Å²) in [5.41, 5.74) is 1.11. The maximum absolute atomic E-state index is 4.66. The van der Waals surface area contributed by atoms with Crippen LogP contribution in [-0.4, -0.2) is 16.5 Å². The van der Waals surface area contributed by atoms with Crippen LogP contribution < -0.4 is 5.32 Å². The van der Waals surface area contributed by atoms with Gasteiger partial charge in [-0.05, 0) is 30.7 Å². The summed E-state index contributed by atoms with van der Waals surface area (Å²) in [5.74, 6) is 2.36. The largest absolute Gasteiger partial charge is 0.370 e. The van der Waals surface area contributed by atoms with E-state index in [0.29, 0.717) is 5.92 Å². The minimum absolute atomic E-state index is 0.602. The Morgan fingerprint density at radius 3 is 2.78 bits per heavy atom. The van der Waals surface area contributed by atoms with Crippen LogP contribution in [0.5, 0.6) is 0 Å². The number of anilines is 1. The standard InChI is InChI=1S/C14H19N3S/c1-4-15-13-9-11(8-10(2)3)16-14(17-13)12-6-5-7-18-12/h5-7,9-10H,4,8H2,1-3H3,(H,15,16,17). The van der Waals surface area contributed by atoms with Gasteiger partial charge in [0.1, 0.15) is 5.82 Å². The van der Waals surface area contributed by atoms with Crippen molar-refractivity contribution in [3.05, 3.63) is 29.3 Å². The number of nitrogens with zero attached hydrogens (tertiary/aromatic N) is 2. The summed E-state index contributed by atoms with van der Waals surface area (Å²) in [6, 6.07) is 6.15. The molecule has 3 nitrogen and oxygen atoms in total. The van der Waals surface area contributed by atoms with Gasteiger partial charge in [-0.15, -0.1) is 11.3 Å². The van der Waals surface area contributed by atoms with E-state index in [1.165, 1.54) is 0 Å². The summed E-state index contributed by atoms with van der Waals surface area (Å²) in [6.07, 6.45) is 0.985. The van der Waals surface area contributed by atoms with Crippen LogP contribution in [0.4, 0.5) is 5.82 Å². The molecule has 2 aromatic heterocycles. The zero-order valence-corrected chi connectivity index (χ0v) is 11.9. The minimum Gasteiger partial charge on any atom is -0.370 e. The summed E-state index contributed by atoms with van der Waals surface area (Å²) in [4.78, 5) is 10.3. The average molecular weight is 261 g/mol. The maximum atomic E-state index is 4.66. The predicted octanol–water partition coefficient (Wildman–Crippen LogP) is 3.84. The number of aromatic nitrogens is 2. The molecule has 4 heteroatoms. The van der Waals surface area contributed by atoms with Crippen LogP contribution in [0.1, 0.15) is 26.5 Å². The fraction of sp³-hybridized carbons (Fsp3) is 0.429. The first kappa shape index (κ1) is 13.0. The van der Waals surface area contributed by atoms with Crippen molar-refractivity contribution in [3.8, 4) is 10.7 Å². The fourth-order valence-corrected chi connectivity index (χ4v) is 2.47. The first-order chi connectivity index (χ1) is 8.69. The second-order valence-corrected chi connectivity index (χ2v) is 5.62. The average Bonchev–Trinajstić information content (AvgIpc) is 2.81. The molecule has 18 heavy (non-hydrogen) atoms. The van der Waals surface area contributed by atoms with E-state index in [0.717, 1.165) is 35.2 Å². The zero-order chi connectivity index (χ0) is 13.0. The fourth-order valence-electron chi connectivity index (χ4n) is 1.81. The minimum atomic E-state index is 0.602. The maximum Gasteiger partial charge on any atom is 0.171 e. The molecule has 0 radical (unpaired) electrons. The SMILES string of the molecule is CCNc1cc(CC(C)C)nc(-c2cccs2)n1. The molecule has 0 unspecified atom stereocenters. The van der Waals surface area contributed by atoms with Gasteiger partial charge in [-0.1, -0.05) is 19.9 Å². The van der Waals surface area contributed by atoms with E-state index < -0.39 is 0 Å². The number of hydrogen-bond donors (Lipinski definition) is 1. The summed E-state index contributed by atoms with van der Waals surface area (Å²) in [7, 11) is 0. The third-order valence-corrected chi connectivity index (χ3v) is 3.36.